The third-order valence-corrected chi connectivity index (χ3v) is 7.95. The Morgan fingerprint density at radius 1 is 1.26 bits per heavy atom. The summed E-state index contributed by atoms with van der Waals surface area (Å²) in [7, 11) is 0. The molecule has 1 aromatic carbocycles. The average molecular weight is 369 g/mol. The molecule has 1 aromatic rings. The van der Waals surface area contributed by atoms with Crippen molar-refractivity contribution < 1.29 is 14.9 Å². The average Bonchev–Trinajstić information content (AvgIpc) is 2.94. The number of terminal acetylenes is 1. The molecule has 3 aliphatic rings. The Balaban J connectivity index is 1.64. The van der Waals surface area contributed by atoms with Gasteiger partial charge in [-0.15, -0.1) is 6.42 Å². The Bertz CT molecular complexity index is 764. The number of aromatic hydroxyl groups is 1. The Kier molecular flexibility index (Phi) is 4.67. The second-order valence-corrected chi connectivity index (χ2v) is 9.14. The lowest BCUT2D eigenvalue weighted by Gasteiger charge is -2.52. The van der Waals surface area contributed by atoms with Crippen molar-refractivity contribution in [2.24, 2.45) is 17.3 Å². The summed E-state index contributed by atoms with van der Waals surface area (Å²) in [4.78, 5) is 0. The zero-order valence-corrected chi connectivity index (χ0v) is 16.6. The first kappa shape index (κ1) is 18.7. The molecule has 0 unspecified atom stereocenters. The first-order valence-electron chi connectivity index (χ1n) is 10.6. The smallest absolute Gasteiger partial charge is 0.161 e. The minimum atomic E-state index is -0.952. The van der Waals surface area contributed by atoms with Gasteiger partial charge >= 0.3 is 0 Å². The van der Waals surface area contributed by atoms with E-state index in [1.807, 2.05) is 6.07 Å². The molecule has 3 heteroatoms. The van der Waals surface area contributed by atoms with E-state index in [2.05, 4.69) is 25.8 Å². The Morgan fingerprint density at radius 2 is 2.07 bits per heavy atom. The molecule has 3 nitrogen and oxygen atoms in total. The molecule has 0 saturated heterocycles. The summed E-state index contributed by atoms with van der Waals surface area (Å²) in [5, 5.41) is 21.4. The molecule has 0 radical (unpaired) electrons. The van der Waals surface area contributed by atoms with Gasteiger partial charge in [0.2, 0.25) is 0 Å². The van der Waals surface area contributed by atoms with Crippen LogP contribution in [0.1, 0.15) is 75.8 Å². The molecule has 0 amide bonds. The SMILES string of the molecule is C#C[C@]1(O)CC[C@H]2[C@@H]3CCc4cc(O)c(OCCCC)cc4[C@H]3CC[C@@]21C. The second kappa shape index (κ2) is 6.74. The standard InChI is InChI=1S/C24H32O3/c1-4-6-13-27-22-15-19-16(14-21(22)25)7-8-18-17(19)9-11-23(3)20(18)10-12-24(23,26)5-2/h2,14-15,17-18,20,25-26H,4,6-13H2,1,3H3/t17-,18+,20-,23-,24-/m0/s1. The number of phenolic OH excluding ortho intramolecular Hbond substituents is 1. The minimum Gasteiger partial charge on any atom is -0.504 e. The fraction of sp³-hybridized carbons (Fsp3) is 0.667. The molecular formula is C24H32O3. The van der Waals surface area contributed by atoms with Gasteiger partial charge in [-0.3, -0.25) is 0 Å². The van der Waals surface area contributed by atoms with Crippen LogP contribution < -0.4 is 4.74 Å². The van der Waals surface area contributed by atoms with Gasteiger partial charge in [0.1, 0.15) is 5.60 Å². The van der Waals surface area contributed by atoms with E-state index in [1.54, 1.807) is 0 Å². The van der Waals surface area contributed by atoms with E-state index >= 15 is 0 Å². The van der Waals surface area contributed by atoms with Gasteiger partial charge in [0.05, 0.1) is 6.61 Å². The molecular weight excluding hydrogens is 336 g/mol. The Hall–Kier alpha value is -1.66. The number of phenols is 1. The summed E-state index contributed by atoms with van der Waals surface area (Å²) in [6.07, 6.45) is 13.7. The summed E-state index contributed by atoms with van der Waals surface area (Å²) in [5.41, 5.74) is 1.50. The number of aliphatic hydroxyl groups is 1. The van der Waals surface area contributed by atoms with Gasteiger partial charge in [0.25, 0.3) is 0 Å². The van der Waals surface area contributed by atoms with Crippen molar-refractivity contribution in [1.82, 2.24) is 0 Å². The number of hydrogen-bond acceptors (Lipinski definition) is 3. The van der Waals surface area contributed by atoms with E-state index < -0.39 is 5.60 Å². The predicted octanol–water partition coefficient (Wildman–Crippen LogP) is 4.79. The quantitative estimate of drug-likeness (QED) is 0.593. The van der Waals surface area contributed by atoms with Gasteiger partial charge < -0.3 is 14.9 Å². The molecule has 3 aliphatic carbocycles. The van der Waals surface area contributed by atoms with Crippen LogP contribution in [-0.2, 0) is 6.42 Å². The summed E-state index contributed by atoms with van der Waals surface area (Å²) in [5.74, 6) is 5.16. The van der Waals surface area contributed by atoms with Gasteiger partial charge in [-0.2, -0.15) is 0 Å². The summed E-state index contributed by atoms with van der Waals surface area (Å²) >= 11 is 0. The monoisotopic (exact) mass is 368 g/mol. The van der Waals surface area contributed by atoms with E-state index in [0.29, 0.717) is 30.1 Å². The lowest BCUT2D eigenvalue weighted by atomic mass is 9.53. The van der Waals surface area contributed by atoms with E-state index in [1.165, 1.54) is 11.1 Å². The number of ether oxygens (including phenoxy) is 1. The van der Waals surface area contributed by atoms with Gasteiger partial charge in [-0.25, -0.2) is 0 Å². The van der Waals surface area contributed by atoms with Crippen molar-refractivity contribution in [3.63, 3.8) is 0 Å². The van der Waals surface area contributed by atoms with Gasteiger partial charge in [-0.05, 0) is 86.0 Å². The molecule has 0 bridgehead atoms. The van der Waals surface area contributed by atoms with E-state index in [9.17, 15) is 10.2 Å². The number of rotatable bonds is 4. The van der Waals surface area contributed by atoms with E-state index in [0.717, 1.165) is 51.4 Å². The Morgan fingerprint density at radius 3 is 2.81 bits per heavy atom. The van der Waals surface area contributed by atoms with Crippen LogP contribution in [0, 0.1) is 29.6 Å². The highest BCUT2D eigenvalue weighted by Crippen LogP contribution is 2.64. The van der Waals surface area contributed by atoms with Crippen molar-refractivity contribution in [3.05, 3.63) is 23.3 Å². The maximum Gasteiger partial charge on any atom is 0.161 e. The van der Waals surface area contributed by atoms with Crippen LogP contribution in [0.2, 0.25) is 0 Å². The number of unbranched alkanes of at least 4 members (excludes halogenated alkanes) is 1. The highest BCUT2D eigenvalue weighted by molar-refractivity contribution is 5.49. The Labute approximate surface area is 163 Å². The lowest BCUT2D eigenvalue weighted by molar-refractivity contribution is -0.0647. The largest absolute Gasteiger partial charge is 0.504 e. The van der Waals surface area contributed by atoms with Crippen molar-refractivity contribution in [2.75, 3.05) is 6.61 Å². The first-order chi connectivity index (χ1) is 12.9. The summed E-state index contributed by atoms with van der Waals surface area (Å²) < 4.78 is 5.86. The fourth-order valence-corrected chi connectivity index (χ4v) is 6.28. The zero-order chi connectivity index (χ0) is 19.2. The molecule has 5 atom stereocenters. The van der Waals surface area contributed by atoms with Crippen LogP contribution in [-0.4, -0.2) is 22.4 Å². The molecule has 27 heavy (non-hydrogen) atoms. The molecule has 0 aliphatic heterocycles. The highest BCUT2D eigenvalue weighted by atomic mass is 16.5. The normalized spacial score (nSPS) is 37.0. The topological polar surface area (TPSA) is 49.7 Å². The number of benzene rings is 1. The van der Waals surface area contributed by atoms with Crippen LogP contribution in [0.25, 0.3) is 0 Å². The minimum absolute atomic E-state index is 0.169. The molecule has 0 spiro atoms. The number of aryl methyl sites for hydroxylation is 1. The van der Waals surface area contributed by atoms with E-state index in [4.69, 9.17) is 11.2 Å². The molecule has 2 N–H and O–H groups in total. The van der Waals surface area contributed by atoms with Crippen LogP contribution >= 0.6 is 0 Å². The maximum absolute atomic E-state index is 11.1. The third kappa shape index (κ3) is 2.76. The predicted molar refractivity (Wildman–Crippen MR) is 107 cm³/mol. The molecule has 0 heterocycles. The van der Waals surface area contributed by atoms with Gasteiger partial charge in [0, 0.05) is 5.41 Å². The van der Waals surface area contributed by atoms with Crippen LogP contribution in [0.4, 0.5) is 0 Å². The lowest BCUT2D eigenvalue weighted by Crippen LogP contribution is -2.50. The fourth-order valence-electron chi connectivity index (χ4n) is 6.28. The van der Waals surface area contributed by atoms with Crippen molar-refractivity contribution in [1.29, 1.82) is 0 Å². The third-order valence-electron chi connectivity index (χ3n) is 7.95. The second-order valence-electron chi connectivity index (χ2n) is 9.14. The van der Waals surface area contributed by atoms with Gasteiger partial charge in [0.15, 0.2) is 11.5 Å². The van der Waals surface area contributed by atoms with E-state index in [-0.39, 0.29) is 11.2 Å². The van der Waals surface area contributed by atoms with Crippen molar-refractivity contribution in [3.8, 4) is 23.8 Å². The van der Waals surface area contributed by atoms with Crippen LogP contribution in [0.15, 0.2) is 12.1 Å². The molecule has 4 rings (SSSR count). The molecule has 2 fully saturated rings. The number of fused-ring (bicyclic) bond motifs is 5. The van der Waals surface area contributed by atoms with Crippen LogP contribution in [0.5, 0.6) is 11.5 Å². The summed E-state index contributed by atoms with van der Waals surface area (Å²) in [6, 6.07) is 4.02. The molecule has 2 saturated carbocycles. The molecule has 0 aromatic heterocycles. The first-order valence-corrected chi connectivity index (χ1v) is 10.6. The van der Waals surface area contributed by atoms with Gasteiger partial charge in [-0.1, -0.05) is 26.2 Å². The highest BCUT2D eigenvalue weighted by Gasteiger charge is 2.61. The number of hydrogen-bond donors (Lipinski definition) is 2. The van der Waals surface area contributed by atoms with Crippen LogP contribution in [0.3, 0.4) is 0 Å². The maximum atomic E-state index is 11.1. The zero-order valence-electron chi connectivity index (χ0n) is 16.6. The van der Waals surface area contributed by atoms with Crippen molar-refractivity contribution in [2.45, 2.75) is 76.7 Å². The summed E-state index contributed by atoms with van der Waals surface area (Å²) in [6.45, 7) is 5.00. The van der Waals surface area contributed by atoms with Crippen molar-refractivity contribution >= 4 is 0 Å². The molecule has 146 valence electrons.